The lowest BCUT2D eigenvalue weighted by Gasteiger charge is -2.16. The summed E-state index contributed by atoms with van der Waals surface area (Å²) in [7, 11) is 0. The Bertz CT molecular complexity index is 1090. The molecule has 2 fully saturated rings. The molecule has 29 heavy (non-hydrogen) atoms. The van der Waals surface area contributed by atoms with Gasteiger partial charge in [-0.1, -0.05) is 12.1 Å². The molecule has 2 aliphatic rings. The smallest absolute Gasteiger partial charge is 0.251 e. The lowest BCUT2D eigenvalue weighted by molar-refractivity contribution is 0.0951. The summed E-state index contributed by atoms with van der Waals surface area (Å²) in [5, 5.41) is 4.05. The van der Waals surface area contributed by atoms with E-state index in [1.165, 1.54) is 0 Å². The minimum absolute atomic E-state index is 0.00587. The summed E-state index contributed by atoms with van der Waals surface area (Å²) >= 11 is 0. The fourth-order valence-corrected chi connectivity index (χ4v) is 3.88. The van der Waals surface area contributed by atoms with Gasteiger partial charge in [-0.2, -0.15) is 0 Å². The topological polar surface area (TPSA) is 84.1 Å². The largest absolute Gasteiger partial charge is 0.349 e. The number of aryl methyl sites for hydroxylation is 1. The second kappa shape index (κ2) is 7.12. The Morgan fingerprint density at radius 2 is 2.03 bits per heavy atom. The normalized spacial score (nSPS) is 19.0. The maximum absolute atomic E-state index is 12.4. The second-order valence-electron chi connectivity index (χ2n) is 8.22. The standard InChI is InChI=1S/C23H25N5O/c1-14-2-3-16(22(29)26-19-5-6-19)11-20(14)15-4-7-21-17(10-15)12-25-23(27-21)28-9-8-18(24)13-28/h2-4,7,10-12,18-19H,5-6,8-9,13,24H2,1H3,(H,26,29). The lowest BCUT2D eigenvalue weighted by atomic mass is 9.97. The summed E-state index contributed by atoms with van der Waals surface area (Å²) < 4.78 is 0. The minimum Gasteiger partial charge on any atom is -0.349 e. The molecule has 6 nitrogen and oxygen atoms in total. The number of amides is 1. The summed E-state index contributed by atoms with van der Waals surface area (Å²) in [5.74, 6) is 0.750. The van der Waals surface area contributed by atoms with Gasteiger partial charge in [0, 0.05) is 42.3 Å². The number of nitrogens with two attached hydrogens (primary N) is 1. The maximum Gasteiger partial charge on any atom is 0.251 e. The van der Waals surface area contributed by atoms with Crippen molar-refractivity contribution in [3.63, 3.8) is 0 Å². The molecule has 0 radical (unpaired) electrons. The number of hydrogen-bond acceptors (Lipinski definition) is 5. The zero-order valence-electron chi connectivity index (χ0n) is 16.6. The Hall–Kier alpha value is -2.99. The van der Waals surface area contributed by atoms with Gasteiger partial charge in [0.15, 0.2) is 0 Å². The average Bonchev–Trinajstić information content (AvgIpc) is 3.44. The van der Waals surface area contributed by atoms with Gasteiger partial charge in [-0.25, -0.2) is 9.97 Å². The Kier molecular flexibility index (Phi) is 4.43. The highest BCUT2D eigenvalue weighted by Gasteiger charge is 2.24. The number of anilines is 1. The predicted molar refractivity (Wildman–Crippen MR) is 115 cm³/mol. The van der Waals surface area contributed by atoms with E-state index in [1.54, 1.807) is 0 Å². The molecule has 148 valence electrons. The summed E-state index contributed by atoms with van der Waals surface area (Å²) in [4.78, 5) is 23.9. The van der Waals surface area contributed by atoms with Crippen LogP contribution in [0.4, 0.5) is 5.95 Å². The predicted octanol–water partition coefficient (Wildman–Crippen LogP) is 3.03. The number of hydrogen-bond donors (Lipinski definition) is 2. The summed E-state index contributed by atoms with van der Waals surface area (Å²) in [6, 6.07) is 12.6. The Labute approximate surface area is 170 Å². The van der Waals surface area contributed by atoms with Crippen LogP contribution < -0.4 is 16.0 Å². The molecule has 1 unspecified atom stereocenters. The molecule has 6 heteroatoms. The first-order valence-electron chi connectivity index (χ1n) is 10.3. The van der Waals surface area contributed by atoms with E-state index in [0.29, 0.717) is 11.6 Å². The molecule has 1 aliphatic heterocycles. The first kappa shape index (κ1) is 18.1. The van der Waals surface area contributed by atoms with E-state index in [4.69, 9.17) is 10.7 Å². The Morgan fingerprint density at radius 3 is 2.79 bits per heavy atom. The highest BCUT2D eigenvalue weighted by molar-refractivity contribution is 5.96. The molecule has 0 bridgehead atoms. The van der Waals surface area contributed by atoms with Gasteiger partial charge in [0.1, 0.15) is 0 Å². The number of rotatable bonds is 4. The highest BCUT2D eigenvalue weighted by atomic mass is 16.1. The number of carbonyl (C=O) groups excluding carboxylic acids is 1. The van der Waals surface area contributed by atoms with Gasteiger partial charge in [-0.05, 0) is 67.1 Å². The number of benzene rings is 2. The molecule has 1 amide bonds. The van der Waals surface area contributed by atoms with Crippen molar-refractivity contribution < 1.29 is 4.79 Å². The van der Waals surface area contributed by atoms with Crippen LogP contribution in [0.1, 0.15) is 35.2 Å². The number of fused-ring (bicyclic) bond motifs is 1. The molecule has 1 aliphatic carbocycles. The van der Waals surface area contributed by atoms with Crippen LogP contribution in [-0.4, -0.2) is 41.0 Å². The van der Waals surface area contributed by atoms with Gasteiger partial charge in [0.05, 0.1) is 5.52 Å². The van der Waals surface area contributed by atoms with E-state index >= 15 is 0 Å². The number of nitrogens with one attached hydrogen (secondary N) is 1. The molecule has 2 aromatic carbocycles. The summed E-state index contributed by atoms with van der Waals surface area (Å²) in [6.07, 6.45) is 5.02. The first-order valence-corrected chi connectivity index (χ1v) is 10.3. The zero-order chi connectivity index (χ0) is 20.0. The van der Waals surface area contributed by atoms with Gasteiger partial charge in [0.2, 0.25) is 5.95 Å². The van der Waals surface area contributed by atoms with Crippen LogP contribution in [0.5, 0.6) is 0 Å². The third kappa shape index (κ3) is 3.68. The molecule has 1 atom stereocenters. The number of aromatic nitrogens is 2. The molecular formula is C23H25N5O. The molecule has 5 rings (SSSR count). The van der Waals surface area contributed by atoms with Crippen molar-refractivity contribution in [1.29, 1.82) is 0 Å². The summed E-state index contributed by atoms with van der Waals surface area (Å²) in [6.45, 7) is 3.77. The van der Waals surface area contributed by atoms with E-state index in [9.17, 15) is 4.79 Å². The van der Waals surface area contributed by atoms with Crippen molar-refractivity contribution in [2.75, 3.05) is 18.0 Å². The van der Waals surface area contributed by atoms with Crippen molar-refractivity contribution in [3.05, 3.63) is 53.7 Å². The third-order valence-electron chi connectivity index (χ3n) is 5.80. The van der Waals surface area contributed by atoms with Crippen LogP contribution in [0.25, 0.3) is 22.0 Å². The Balaban J connectivity index is 1.46. The van der Waals surface area contributed by atoms with Crippen molar-refractivity contribution in [2.45, 2.75) is 38.3 Å². The number of nitrogens with zero attached hydrogens (tertiary/aromatic N) is 3. The monoisotopic (exact) mass is 387 g/mol. The van der Waals surface area contributed by atoms with Crippen molar-refractivity contribution in [2.24, 2.45) is 5.73 Å². The number of carbonyl (C=O) groups is 1. The van der Waals surface area contributed by atoms with Crippen molar-refractivity contribution in [3.8, 4) is 11.1 Å². The molecule has 3 aromatic rings. The van der Waals surface area contributed by atoms with Crippen LogP contribution in [0.3, 0.4) is 0 Å². The van der Waals surface area contributed by atoms with Crippen LogP contribution in [0.15, 0.2) is 42.6 Å². The van der Waals surface area contributed by atoms with Crippen LogP contribution >= 0.6 is 0 Å². The van der Waals surface area contributed by atoms with Gasteiger partial charge < -0.3 is 16.0 Å². The van der Waals surface area contributed by atoms with Gasteiger partial charge in [0.25, 0.3) is 5.91 Å². The summed E-state index contributed by atoms with van der Waals surface area (Å²) in [5.41, 5.74) is 10.9. The Morgan fingerprint density at radius 1 is 1.17 bits per heavy atom. The molecule has 1 saturated heterocycles. The molecular weight excluding hydrogens is 362 g/mol. The second-order valence-corrected chi connectivity index (χ2v) is 8.22. The van der Waals surface area contributed by atoms with Gasteiger partial charge in [-0.15, -0.1) is 0 Å². The van der Waals surface area contributed by atoms with E-state index in [0.717, 1.165) is 65.9 Å². The van der Waals surface area contributed by atoms with E-state index in [2.05, 4.69) is 34.3 Å². The fraction of sp³-hybridized carbons (Fsp3) is 0.348. The maximum atomic E-state index is 12.4. The van der Waals surface area contributed by atoms with Crippen molar-refractivity contribution >= 4 is 22.8 Å². The van der Waals surface area contributed by atoms with E-state index in [-0.39, 0.29) is 11.9 Å². The molecule has 3 N–H and O–H groups in total. The van der Waals surface area contributed by atoms with Gasteiger partial charge >= 0.3 is 0 Å². The zero-order valence-corrected chi connectivity index (χ0v) is 16.6. The van der Waals surface area contributed by atoms with E-state index in [1.807, 2.05) is 30.5 Å². The quantitative estimate of drug-likeness (QED) is 0.719. The van der Waals surface area contributed by atoms with E-state index < -0.39 is 0 Å². The SMILES string of the molecule is Cc1ccc(C(=O)NC2CC2)cc1-c1ccc2nc(N3CCC(N)C3)ncc2c1. The highest BCUT2D eigenvalue weighted by Crippen LogP contribution is 2.29. The average molecular weight is 387 g/mol. The first-order chi connectivity index (χ1) is 14.1. The van der Waals surface area contributed by atoms with Crippen LogP contribution in [0.2, 0.25) is 0 Å². The van der Waals surface area contributed by atoms with Crippen LogP contribution in [0, 0.1) is 6.92 Å². The molecule has 1 aromatic heterocycles. The molecule has 2 heterocycles. The third-order valence-corrected chi connectivity index (χ3v) is 5.80. The van der Waals surface area contributed by atoms with Crippen molar-refractivity contribution in [1.82, 2.24) is 15.3 Å². The molecule has 0 spiro atoms. The fourth-order valence-electron chi connectivity index (χ4n) is 3.88. The molecule has 1 saturated carbocycles. The lowest BCUT2D eigenvalue weighted by Crippen LogP contribution is -2.27. The van der Waals surface area contributed by atoms with Crippen LogP contribution in [-0.2, 0) is 0 Å². The van der Waals surface area contributed by atoms with Gasteiger partial charge in [-0.3, -0.25) is 4.79 Å². The minimum atomic E-state index is 0.00587.